The predicted molar refractivity (Wildman–Crippen MR) is 80.9 cm³/mol. The Kier molecular flexibility index (Phi) is 6.65. The molecule has 0 bridgehead atoms. The largest absolute Gasteiger partial charge is 0.313 e. The third kappa shape index (κ3) is 4.55. The van der Waals surface area contributed by atoms with Gasteiger partial charge in [0.2, 0.25) is 0 Å². The smallest absolute Gasteiger partial charge is 0.0243 e. The number of nitrogens with one attached hydrogen (secondary N) is 1. The Balaban J connectivity index is 2.59. The van der Waals surface area contributed by atoms with Gasteiger partial charge in [-0.2, -0.15) is 0 Å². The maximum atomic E-state index is 3.62. The zero-order valence-electron chi connectivity index (χ0n) is 13.4. The van der Waals surface area contributed by atoms with E-state index in [2.05, 4.69) is 51.9 Å². The summed E-state index contributed by atoms with van der Waals surface area (Å²) in [7, 11) is 2.35. The van der Waals surface area contributed by atoms with Crippen LogP contribution in [0.4, 0.5) is 0 Å². The molecular formula is C16H34N2. The van der Waals surface area contributed by atoms with Crippen molar-refractivity contribution in [3.05, 3.63) is 0 Å². The summed E-state index contributed by atoms with van der Waals surface area (Å²) in [5, 5.41) is 3.62. The molecule has 2 heteroatoms. The number of rotatable bonds is 6. The highest BCUT2D eigenvalue weighted by molar-refractivity contribution is 4.86. The van der Waals surface area contributed by atoms with Gasteiger partial charge in [0.15, 0.2) is 0 Å². The van der Waals surface area contributed by atoms with Gasteiger partial charge in [0.1, 0.15) is 0 Å². The molecule has 0 saturated heterocycles. The summed E-state index contributed by atoms with van der Waals surface area (Å²) in [4.78, 5) is 2.67. The molecule has 1 aliphatic carbocycles. The lowest BCUT2D eigenvalue weighted by atomic mass is 9.83. The van der Waals surface area contributed by atoms with E-state index in [4.69, 9.17) is 0 Å². The maximum absolute atomic E-state index is 3.62. The standard InChI is InChI=1S/C16H34N2/c1-12(2)16(11-17-13(3)4)18(6)15-10-8-7-9-14(15)5/h12-17H,7-11H2,1-6H3. The second-order valence-corrected chi connectivity index (χ2v) is 6.87. The molecule has 1 N–H and O–H groups in total. The Morgan fingerprint density at radius 2 is 1.72 bits per heavy atom. The number of hydrogen-bond acceptors (Lipinski definition) is 2. The van der Waals surface area contributed by atoms with Crippen molar-refractivity contribution in [1.82, 2.24) is 10.2 Å². The third-order valence-electron chi connectivity index (χ3n) is 4.62. The van der Waals surface area contributed by atoms with Crippen molar-refractivity contribution in [3.63, 3.8) is 0 Å². The summed E-state index contributed by atoms with van der Waals surface area (Å²) in [6, 6.07) is 2.04. The first-order valence-electron chi connectivity index (χ1n) is 7.88. The number of likely N-dealkylation sites (N-methyl/N-ethyl adjacent to an activating group) is 1. The zero-order valence-corrected chi connectivity index (χ0v) is 13.4. The minimum atomic E-state index is 0.587. The highest BCUT2D eigenvalue weighted by Crippen LogP contribution is 2.29. The molecule has 0 aromatic heterocycles. The highest BCUT2D eigenvalue weighted by atomic mass is 15.2. The van der Waals surface area contributed by atoms with Crippen molar-refractivity contribution in [1.29, 1.82) is 0 Å². The zero-order chi connectivity index (χ0) is 13.7. The van der Waals surface area contributed by atoms with Gasteiger partial charge in [-0.25, -0.2) is 0 Å². The lowest BCUT2D eigenvalue weighted by molar-refractivity contribution is 0.0728. The average Bonchev–Trinajstić information content (AvgIpc) is 2.28. The molecular weight excluding hydrogens is 220 g/mol. The normalized spacial score (nSPS) is 27.2. The van der Waals surface area contributed by atoms with Crippen LogP contribution in [-0.2, 0) is 0 Å². The van der Waals surface area contributed by atoms with E-state index in [-0.39, 0.29) is 0 Å². The molecule has 0 amide bonds. The van der Waals surface area contributed by atoms with E-state index < -0.39 is 0 Å². The molecule has 2 nitrogen and oxygen atoms in total. The topological polar surface area (TPSA) is 15.3 Å². The molecule has 3 atom stereocenters. The van der Waals surface area contributed by atoms with Gasteiger partial charge in [-0.1, -0.05) is 47.5 Å². The molecule has 0 spiro atoms. The van der Waals surface area contributed by atoms with Crippen LogP contribution in [0, 0.1) is 11.8 Å². The quantitative estimate of drug-likeness (QED) is 0.780. The molecule has 0 aromatic carbocycles. The summed E-state index contributed by atoms with van der Waals surface area (Å²) in [5.74, 6) is 1.58. The molecule has 0 heterocycles. The van der Waals surface area contributed by atoms with E-state index in [0.717, 1.165) is 24.4 Å². The Morgan fingerprint density at radius 3 is 2.22 bits per heavy atom. The Bertz CT molecular complexity index is 225. The SMILES string of the molecule is CC(C)NCC(C(C)C)N(C)C1CCCCC1C. The van der Waals surface area contributed by atoms with Crippen LogP contribution in [-0.4, -0.2) is 36.6 Å². The second-order valence-electron chi connectivity index (χ2n) is 6.87. The molecule has 18 heavy (non-hydrogen) atoms. The van der Waals surface area contributed by atoms with Crippen LogP contribution in [0.25, 0.3) is 0 Å². The minimum absolute atomic E-state index is 0.587. The van der Waals surface area contributed by atoms with Crippen molar-refractivity contribution in [2.45, 2.75) is 78.4 Å². The first kappa shape index (κ1) is 16.0. The fourth-order valence-electron chi connectivity index (χ4n) is 3.35. The fourth-order valence-corrected chi connectivity index (χ4v) is 3.35. The molecule has 1 aliphatic rings. The van der Waals surface area contributed by atoms with E-state index in [1.54, 1.807) is 0 Å². The lowest BCUT2D eigenvalue weighted by Gasteiger charge is -2.42. The van der Waals surface area contributed by atoms with Gasteiger partial charge in [0, 0.05) is 24.7 Å². The summed E-state index contributed by atoms with van der Waals surface area (Å²) in [6.45, 7) is 12.7. The van der Waals surface area contributed by atoms with Crippen molar-refractivity contribution >= 4 is 0 Å². The fraction of sp³-hybridized carbons (Fsp3) is 1.00. The van der Waals surface area contributed by atoms with Crippen molar-refractivity contribution in [2.75, 3.05) is 13.6 Å². The van der Waals surface area contributed by atoms with E-state index in [9.17, 15) is 0 Å². The van der Waals surface area contributed by atoms with Crippen molar-refractivity contribution in [3.8, 4) is 0 Å². The van der Waals surface area contributed by atoms with E-state index in [1.807, 2.05) is 0 Å². The third-order valence-corrected chi connectivity index (χ3v) is 4.62. The number of hydrogen-bond donors (Lipinski definition) is 1. The Morgan fingerprint density at radius 1 is 1.11 bits per heavy atom. The summed E-state index contributed by atoms with van der Waals surface area (Å²) in [6.07, 6.45) is 5.66. The first-order chi connectivity index (χ1) is 8.43. The van der Waals surface area contributed by atoms with Gasteiger partial charge in [0.05, 0.1) is 0 Å². The minimum Gasteiger partial charge on any atom is -0.313 e. The van der Waals surface area contributed by atoms with Gasteiger partial charge in [0.25, 0.3) is 0 Å². The molecule has 1 saturated carbocycles. The van der Waals surface area contributed by atoms with Gasteiger partial charge in [-0.05, 0) is 31.7 Å². The summed E-state index contributed by atoms with van der Waals surface area (Å²) >= 11 is 0. The molecule has 1 rings (SSSR count). The summed E-state index contributed by atoms with van der Waals surface area (Å²) in [5.41, 5.74) is 0. The molecule has 0 radical (unpaired) electrons. The summed E-state index contributed by atoms with van der Waals surface area (Å²) < 4.78 is 0. The molecule has 1 fully saturated rings. The van der Waals surface area contributed by atoms with Crippen LogP contribution in [0.2, 0.25) is 0 Å². The predicted octanol–water partition coefficient (Wildman–Crippen LogP) is 3.52. The number of nitrogens with zero attached hydrogens (tertiary/aromatic N) is 1. The van der Waals surface area contributed by atoms with Crippen LogP contribution in [0.3, 0.4) is 0 Å². The maximum Gasteiger partial charge on any atom is 0.0243 e. The molecule has 0 aliphatic heterocycles. The highest BCUT2D eigenvalue weighted by Gasteiger charge is 2.30. The lowest BCUT2D eigenvalue weighted by Crippen LogP contribution is -2.51. The van der Waals surface area contributed by atoms with Gasteiger partial charge >= 0.3 is 0 Å². The van der Waals surface area contributed by atoms with Crippen LogP contribution in [0.5, 0.6) is 0 Å². The first-order valence-corrected chi connectivity index (χ1v) is 7.88. The molecule has 3 unspecified atom stereocenters. The Labute approximate surface area is 115 Å². The van der Waals surface area contributed by atoms with Crippen LogP contribution < -0.4 is 5.32 Å². The van der Waals surface area contributed by atoms with E-state index in [0.29, 0.717) is 12.1 Å². The van der Waals surface area contributed by atoms with E-state index >= 15 is 0 Å². The molecule has 108 valence electrons. The van der Waals surface area contributed by atoms with Gasteiger partial charge in [-0.3, -0.25) is 4.90 Å². The van der Waals surface area contributed by atoms with Gasteiger partial charge < -0.3 is 5.32 Å². The van der Waals surface area contributed by atoms with Crippen molar-refractivity contribution in [2.24, 2.45) is 11.8 Å². The van der Waals surface area contributed by atoms with Crippen LogP contribution >= 0.6 is 0 Å². The monoisotopic (exact) mass is 254 g/mol. The van der Waals surface area contributed by atoms with E-state index in [1.165, 1.54) is 25.7 Å². The van der Waals surface area contributed by atoms with Crippen LogP contribution in [0.1, 0.15) is 60.3 Å². The van der Waals surface area contributed by atoms with Crippen LogP contribution in [0.15, 0.2) is 0 Å². The second kappa shape index (κ2) is 7.49. The molecule has 0 aromatic rings. The average molecular weight is 254 g/mol. The Hall–Kier alpha value is -0.0800. The van der Waals surface area contributed by atoms with Crippen molar-refractivity contribution < 1.29 is 0 Å². The van der Waals surface area contributed by atoms with Gasteiger partial charge in [-0.15, -0.1) is 0 Å².